The van der Waals surface area contributed by atoms with Crippen LogP contribution in [0.2, 0.25) is 0 Å². The van der Waals surface area contributed by atoms with Crippen molar-refractivity contribution >= 4 is 44.1 Å². The topological polar surface area (TPSA) is 81.4 Å². The van der Waals surface area contributed by atoms with Gasteiger partial charge >= 0.3 is 0 Å². The zero-order chi connectivity index (χ0) is 18.0. The van der Waals surface area contributed by atoms with E-state index >= 15 is 0 Å². The summed E-state index contributed by atoms with van der Waals surface area (Å²) in [6.45, 7) is 7.48. The number of carbonyl (C=O) groups is 2. The number of anilines is 1. The van der Waals surface area contributed by atoms with Gasteiger partial charge in [-0.25, -0.2) is 0 Å². The van der Waals surface area contributed by atoms with E-state index in [4.69, 9.17) is 10.5 Å². The van der Waals surface area contributed by atoms with Gasteiger partial charge in [-0.3, -0.25) is 9.59 Å². The first kappa shape index (κ1) is 18.5. The Morgan fingerprint density at radius 1 is 1.29 bits per heavy atom. The molecule has 0 atom stereocenters. The maximum absolute atomic E-state index is 12.7. The molecular weight excluding hydrogens is 392 g/mol. The highest BCUT2D eigenvalue weighted by atomic mass is 79.9. The first-order valence-electron chi connectivity index (χ1n) is 7.38. The van der Waals surface area contributed by atoms with E-state index < -0.39 is 5.91 Å². The van der Waals surface area contributed by atoms with Crippen molar-refractivity contribution in [1.29, 1.82) is 0 Å². The fourth-order valence-electron chi connectivity index (χ4n) is 2.22. The van der Waals surface area contributed by atoms with Crippen molar-refractivity contribution in [2.24, 2.45) is 5.73 Å². The van der Waals surface area contributed by atoms with Crippen LogP contribution in [0.1, 0.15) is 45.0 Å². The van der Waals surface area contributed by atoms with Gasteiger partial charge in [0.25, 0.3) is 11.8 Å². The number of carbonyl (C=O) groups excluding carboxylic acids is 2. The van der Waals surface area contributed by atoms with Crippen LogP contribution in [0.3, 0.4) is 0 Å². The zero-order valence-corrected chi connectivity index (χ0v) is 16.3. The summed E-state index contributed by atoms with van der Waals surface area (Å²) in [6, 6.07) is 5.23. The summed E-state index contributed by atoms with van der Waals surface area (Å²) in [7, 11) is 0. The molecule has 2 aromatic rings. The zero-order valence-electron chi connectivity index (χ0n) is 13.9. The highest BCUT2D eigenvalue weighted by Crippen LogP contribution is 2.33. The number of primary amides is 1. The van der Waals surface area contributed by atoms with Crippen LogP contribution in [-0.2, 0) is 0 Å². The fraction of sp³-hybridized carbons (Fsp3) is 0.294. The predicted molar refractivity (Wildman–Crippen MR) is 100 cm³/mol. The van der Waals surface area contributed by atoms with E-state index in [1.807, 2.05) is 33.8 Å². The molecule has 0 saturated heterocycles. The monoisotopic (exact) mass is 410 g/mol. The van der Waals surface area contributed by atoms with Gasteiger partial charge in [0.05, 0.1) is 17.2 Å². The third-order valence-corrected chi connectivity index (χ3v) is 5.02. The molecule has 0 spiro atoms. The number of hydrogen-bond donors (Lipinski definition) is 2. The minimum atomic E-state index is -0.556. The average molecular weight is 411 g/mol. The van der Waals surface area contributed by atoms with Gasteiger partial charge < -0.3 is 15.8 Å². The Hall–Kier alpha value is -1.86. The molecule has 0 aliphatic carbocycles. The molecule has 0 unspecified atom stereocenters. The number of amides is 2. The summed E-state index contributed by atoms with van der Waals surface area (Å²) in [5, 5.41) is 3.25. The van der Waals surface area contributed by atoms with Gasteiger partial charge in [-0.1, -0.05) is 15.9 Å². The smallest absolute Gasteiger partial charge is 0.260 e. The Kier molecular flexibility index (Phi) is 5.66. The minimum Gasteiger partial charge on any atom is -0.490 e. The SMILES string of the molecule is Cc1sc(NC(=O)c2cc(Br)ccc2OC(C)C)c(C(N)=O)c1C. The molecule has 2 amide bonds. The lowest BCUT2D eigenvalue weighted by Crippen LogP contribution is -2.18. The summed E-state index contributed by atoms with van der Waals surface area (Å²) >= 11 is 4.69. The summed E-state index contributed by atoms with van der Waals surface area (Å²) in [4.78, 5) is 25.3. The first-order chi connectivity index (χ1) is 11.2. The van der Waals surface area contributed by atoms with Gasteiger partial charge in [-0.15, -0.1) is 11.3 Å². The van der Waals surface area contributed by atoms with E-state index in [1.165, 1.54) is 11.3 Å². The van der Waals surface area contributed by atoms with Crippen LogP contribution >= 0.6 is 27.3 Å². The lowest BCUT2D eigenvalue weighted by molar-refractivity contribution is 0.100. The van der Waals surface area contributed by atoms with Crippen molar-refractivity contribution in [2.45, 2.75) is 33.8 Å². The summed E-state index contributed by atoms with van der Waals surface area (Å²) < 4.78 is 6.46. The van der Waals surface area contributed by atoms with Crippen molar-refractivity contribution in [3.63, 3.8) is 0 Å². The Morgan fingerprint density at radius 2 is 1.96 bits per heavy atom. The highest BCUT2D eigenvalue weighted by molar-refractivity contribution is 9.10. The first-order valence-corrected chi connectivity index (χ1v) is 8.99. The molecule has 1 heterocycles. The molecule has 1 aromatic carbocycles. The van der Waals surface area contributed by atoms with Crippen LogP contribution in [-0.4, -0.2) is 17.9 Å². The standard InChI is InChI=1S/C17H19BrN2O3S/c1-8(2)23-13-6-5-11(18)7-12(13)16(22)20-17-14(15(19)21)9(3)10(4)24-17/h5-8H,1-4H3,(H2,19,21)(H,20,22). The molecule has 3 N–H and O–H groups in total. The molecule has 24 heavy (non-hydrogen) atoms. The number of benzene rings is 1. The highest BCUT2D eigenvalue weighted by Gasteiger charge is 2.21. The number of hydrogen-bond acceptors (Lipinski definition) is 4. The van der Waals surface area contributed by atoms with Crippen LogP contribution in [0.4, 0.5) is 5.00 Å². The van der Waals surface area contributed by atoms with Crippen LogP contribution in [0.25, 0.3) is 0 Å². The van der Waals surface area contributed by atoms with E-state index in [1.54, 1.807) is 12.1 Å². The van der Waals surface area contributed by atoms with E-state index in [0.717, 1.165) is 14.9 Å². The van der Waals surface area contributed by atoms with Crippen LogP contribution < -0.4 is 15.8 Å². The van der Waals surface area contributed by atoms with Gasteiger partial charge in [0, 0.05) is 9.35 Å². The Balaban J connectivity index is 2.39. The van der Waals surface area contributed by atoms with Gasteiger partial charge in [-0.2, -0.15) is 0 Å². The summed E-state index contributed by atoms with van der Waals surface area (Å²) in [5.41, 5.74) is 6.98. The van der Waals surface area contributed by atoms with E-state index in [9.17, 15) is 9.59 Å². The number of halogens is 1. The Bertz CT molecular complexity index is 799. The number of thiophene rings is 1. The second-order valence-corrected chi connectivity index (χ2v) is 7.75. The molecule has 0 fully saturated rings. The quantitative estimate of drug-likeness (QED) is 0.771. The lowest BCUT2D eigenvalue weighted by Gasteiger charge is -2.14. The number of ether oxygens (including phenoxy) is 1. The molecule has 128 valence electrons. The van der Waals surface area contributed by atoms with Crippen LogP contribution in [0, 0.1) is 13.8 Å². The minimum absolute atomic E-state index is 0.0647. The van der Waals surface area contributed by atoms with E-state index in [0.29, 0.717) is 21.9 Å². The van der Waals surface area contributed by atoms with Crippen LogP contribution in [0.15, 0.2) is 22.7 Å². The largest absolute Gasteiger partial charge is 0.490 e. The molecular formula is C17H19BrN2O3S. The third-order valence-electron chi connectivity index (χ3n) is 3.41. The van der Waals surface area contributed by atoms with E-state index in [2.05, 4.69) is 21.2 Å². The maximum Gasteiger partial charge on any atom is 0.260 e. The molecule has 1 aromatic heterocycles. The van der Waals surface area contributed by atoms with Crippen LogP contribution in [0.5, 0.6) is 5.75 Å². The summed E-state index contributed by atoms with van der Waals surface area (Å²) in [6.07, 6.45) is -0.0647. The fourth-order valence-corrected chi connectivity index (χ4v) is 3.64. The molecule has 0 radical (unpaired) electrons. The summed E-state index contributed by atoms with van der Waals surface area (Å²) in [5.74, 6) is -0.424. The van der Waals surface area contributed by atoms with Gasteiger partial charge in [0.1, 0.15) is 10.8 Å². The number of aryl methyl sites for hydroxylation is 1. The Labute approximate surface area is 153 Å². The molecule has 0 aliphatic rings. The molecule has 5 nitrogen and oxygen atoms in total. The van der Waals surface area contributed by atoms with Gasteiger partial charge in [0.15, 0.2) is 0 Å². The lowest BCUT2D eigenvalue weighted by atomic mass is 10.1. The third kappa shape index (κ3) is 3.96. The van der Waals surface area contributed by atoms with Crippen molar-refractivity contribution in [3.05, 3.63) is 44.2 Å². The molecule has 0 aliphatic heterocycles. The maximum atomic E-state index is 12.7. The van der Waals surface area contributed by atoms with Crippen molar-refractivity contribution in [2.75, 3.05) is 5.32 Å². The molecule has 2 rings (SSSR count). The second kappa shape index (κ2) is 7.36. The predicted octanol–water partition coefficient (Wildman–Crippen LogP) is 4.27. The molecule has 7 heteroatoms. The van der Waals surface area contributed by atoms with E-state index in [-0.39, 0.29) is 12.0 Å². The number of rotatable bonds is 5. The van der Waals surface area contributed by atoms with Gasteiger partial charge in [0.2, 0.25) is 0 Å². The van der Waals surface area contributed by atoms with Gasteiger partial charge in [-0.05, 0) is 51.5 Å². The molecule has 0 bridgehead atoms. The Morgan fingerprint density at radius 3 is 2.54 bits per heavy atom. The van der Waals surface area contributed by atoms with Crippen molar-refractivity contribution in [1.82, 2.24) is 0 Å². The van der Waals surface area contributed by atoms with Crippen molar-refractivity contribution < 1.29 is 14.3 Å². The average Bonchev–Trinajstić information content (AvgIpc) is 2.75. The van der Waals surface area contributed by atoms with Crippen molar-refractivity contribution in [3.8, 4) is 5.75 Å². The number of nitrogens with two attached hydrogens (primary N) is 1. The number of nitrogens with one attached hydrogen (secondary N) is 1. The normalized spacial score (nSPS) is 10.8. The second-order valence-electron chi connectivity index (χ2n) is 5.61. The molecule has 0 saturated carbocycles.